The molecule has 6 nitrogen and oxygen atoms in total. The second-order valence-electron chi connectivity index (χ2n) is 3.85. The predicted octanol–water partition coefficient (Wildman–Crippen LogP) is 2.29. The molecule has 0 saturated heterocycles. The Hall–Kier alpha value is -2.11. The van der Waals surface area contributed by atoms with Gasteiger partial charge in [0.05, 0.1) is 4.92 Å². The fraction of sp³-hybridized carbons (Fsp3) is 0.417. The van der Waals surface area contributed by atoms with E-state index in [-0.39, 0.29) is 12.1 Å². The minimum Gasteiger partial charge on any atom is -0.481 e. The number of hydrogen-bond donors (Lipinski definition) is 1. The number of carbonyl (C=O) groups is 1. The number of carboxylic acids is 1. The summed E-state index contributed by atoms with van der Waals surface area (Å²) in [5.41, 5.74) is 0.793. The minimum absolute atomic E-state index is 0.0455. The Kier molecular flexibility index (Phi) is 5.10. The average Bonchev–Trinajstić information content (AvgIpc) is 2.34. The fourth-order valence-electron chi connectivity index (χ4n) is 1.69. The number of benzene rings is 1. The van der Waals surface area contributed by atoms with Gasteiger partial charge in [0.1, 0.15) is 0 Å². The highest BCUT2D eigenvalue weighted by molar-refractivity contribution is 5.66. The van der Waals surface area contributed by atoms with E-state index in [1.54, 1.807) is 12.1 Å². The summed E-state index contributed by atoms with van der Waals surface area (Å²) in [6.45, 7) is 3.18. The molecule has 1 rings (SSSR count). The molecule has 1 aromatic rings. The van der Waals surface area contributed by atoms with E-state index in [2.05, 4.69) is 0 Å². The van der Waals surface area contributed by atoms with Crippen molar-refractivity contribution < 1.29 is 14.8 Å². The summed E-state index contributed by atoms with van der Waals surface area (Å²) in [6, 6.07) is 6.36. The van der Waals surface area contributed by atoms with E-state index >= 15 is 0 Å². The maximum atomic E-state index is 10.7. The smallest absolute Gasteiger partial charge is 0.303 e. The Morgan fingerprint density at radius 1 is 1.50 bits per heavy atom. The van der Waals surface area contributed by atoms with Crippen molar-refractivity contribution in [3.8, 4) is 0 Å². The van der Waals surface area contributed by atoms with E-state index in [1.807, 2.05) is 11.8 Å². The number of aliphatic carboxylic acids is 1. The monoisotopic (exact) mass is 252 g/mol. The van der Waals surface area contributed by atoms with Crippen molar-refractivity contribution in [1.29, 1.82) is 0 Å². The van der Waals surface area contributed by atoms with Gasteiger partial charge in [0.25, 0.3) is 5.69 Å². The van der Waals surface area contributed by atoms with Crippen LogP contribution in [-0.2, 0) is 4.79 Å². The molecule has 0 amide bonds. The van der Waals surface area contributed by atoms with E-state index in [0.29, 0.717) is 19.5 Å². The van der Waals surface area contributed by atoms with Crippen molar-refractivity contribution in [2.45, 2.75) is 19.8 Å². The molecular weight excluding hydrogens is 236 g/mol. The highest BCUT2D eigenvalue weighted by Crippen LogP contribution is 2.21. The number of non-ortho nitro benzene ring substituents is 1. The van der Waals surface area contributed by atoms with Gasteiger partial charge in [-0.3, -0.25) is 14.9 Å². The van der Waals surface area contributed by atoms with Crippen LogP contribution in [0.15, 0.2) is 24.3 Å². The maximum Gasteiger partial charge on any atom is 0.303 e. The van der Waals surface area contributed by atoms with Gasteiger partial charge in [0, 0.05) is 37.3 Å². The van der Waals surface area contributed by atoms with Crippen LogP contribution in [0.4, 0.5) is 11.4 Å². The average molecular weight is 252 g/mol. The fourth-order valence-corrected chi connectivity index (χ4v) is 1.69. The van der Waals surface area contributed by atoms with Gasteiger partial charge in [0.15, 0.2) is 0 Å². The Morgan fingerprint density at radius 3 is 2.78 bits per heavy atom. The van der Waals surface area contributed by atoms with Crippen molar-refractivity contribution in [3.05, 3.63) is 34.4 Å². The molecule has 0 heterocycles. The molecule has 0 radical (unpaired) electrons. The molecule has 18 heavy (non-hydrogen) atoms. The molecule has 0 saturated carbocycles. The summed E-state index contributed by atoms with van der Waals surface area (Å²) < 4.78 is 0. The first-order valence-corrected chi connectivity index (χ1v) is 5.75. The number of anilines is 1. The summed E-state index contributed by atoms with van der Waals surface area (Å²) in [7, 11) is 0. The molecule has 0 atom stereocenters. The minimum atomic E-state index is -0.829. The highest BCUT2D eigenvalue weighted by Gasteiger charge is 2.10. The normalized spacial score (nSPS) is 10.1. The zero-order valence-electron chi connectivity index (χ0n) is 10.2. The molecule has 1 aromatic carbocycles. The lowest BCUT2D eigenvalue weighted by atomic mass is 10.2. The highest BCUT2D eigenvalue weighted by atomic mass is 16.6. The van der Waals surface area contributed by atoms with Crippen LogP contribution in [0.5, 0.6) is 0 Å². The lowest BCUT2D eigenvalue weighted by molar-refractivity contribution is -0.384. The van der Waals surface area contributed by atoms with E-state index < -0.39 is 10.9 Å². The van der Waals surface area contributed by atoms with Crippen LogP contribution >= 0.6 is 0 Å². The summed E-state index contributed by atoms with van der Waals surface area (Å²) >= 11 is 0. The number of nitro benzene ring substituents is 1. The Balaban J connectivity index is 2.72. The molecule has 0 bridgehead atoms. The van der Waals surface area contributed by atoms with Gasteiger partial charge in [-0.05, 0) is 19.4 Å². The number of carboxylic acid groups (broad SMARTS) is 1. The van der Waals surface area contributed by atoms with E-state index in [1.165, 1.54) is 12.1 Å². The standard InChI is InChI=1S/C12H16N2O4/c1-2-13(8-4-7-12(15)16)10-5-3-6-11(9-10)14(17)18/h3,5-6,9H,2,4,7-8H2,1H3,(H,15,16). The molecule has 0 aliphatic heterocycles. The van der Waals surface area contributed by atoms with Crippen LogP contribution in [0.1, 0.15) is 19.8 Å². The van der Waals surface area contributed by atoms with Gasteiger partial charge in [-0.2, -0.15) is 0 Å². The van der Waals surface area contributed by atoms with E-state index in [4.69, 9.17) is 5.11 Å². The van der Waals surface area contributed by atoms with Crippen LogP contribution in [0.25, 0.3) is 0 Å². The molecule has 0 spiro atoms. The van der Waals surface area contributed by atoms with Gasteiger partial charge in [0.2, 0.25) is 0 Å². The lowest BCUT2D eigenvalue weighted by Crippen LogP contribution is -2.24. The van der Waals surface area contributed by atoms with E-state index in [9.17, 15) is 14.9 Å². The largest absolute Gasteiger partial charge is 0.481 e. The molecular formula is C12H16N2O4. The van der Waals surface area contributed by atoms with E-state index in [0.717, 1.165) is 5.69 Å². The number of hydrogen-bond acceptors (Lipinski definition) is 4. The first-order valence-electron chi connectivity index (χ1n) is 5.75. The molecule has 0 fully saturated rings. The second-order valence-corrected chi connectivity index (χ2v) is 3.85. The summed E-state index contributed by atoms with van der Waals surface area (Å²) in [4.78, 5) is 22.6. The SMILES string of the molecule is CCN(CCCC(=O)O)c1cccc([N+](=O)[O-])c1. The summed E-state index contributed by atoms with van der Waals surface area (Å²) in [6.07, 6.45) is 0.622. The second kappa shape index (κ2) is 6.58. The van der Waals surface area contributed by atoms with Crippen LogP contribution in [-0.4, -0.2) is 29.1 Å². The number of nitrogens with zero attached hydrogens (tertiary/aromatic N) is 2. The maximum absolute atomic E-state index is 10.7. The third kappa shape index (κ3) is 4.04. The third-order valence-corrected chi connectivity index (χ3v) is 2.61. The van der Waals surface area contributed by atoms with Crippen LogP contribution < -0.4 is 4.90 Å². The number of nitro groups is 1. The van der Waals surface area contributed by atoms with Gasteiger partial charge in [-0.25, -0.2) is 0 Å². The molecule has 0 aromatic heterocycles. The summed E-state index contributed by atoms with van der Waals surface area (Å²) in [5.74, 6) is -0.829. The van der Waals surface area contributed by atoms with Crippen LogP contribution in [0.2, 0.25) is 0 Å². The van der Waals surface area contributed by atoms with Crippen molar-refractivity contribution in [3.63, 3.8) is 0 Å². The zero-order valence-corrected chi connectivity index (χ0v) is 10.2. The van der Waals surface area contributed by atoms with Crippen LogP contribution in [0, 0.1) is 10.1 Å². The van der Waals surface area contributed by atoms with Gasteiger partial charge < -0.3 is 10.0 Å². The van der Waals surface area contributed by atoms with Gasteiger partial charge in [-0.15, -0.1) is 0 Å². The van der Waals surface area contributed by atoms with Crippen molar-refractivity contribution >= 4 is 17.3 Å². The molecule has 6 heteroatoms. The lowest BCUT2D eigenvalue weighted by Gasteiger charge is -2.22. The molecule has 0 aliphatic carbocycles. The predicted molar refractivity (Wildman–Crippen MR) is 67.9 cm³/mol. The topological polar surface area (TPSA) is 83.7 Å². The quantitative estimate of drug-likeness (QED) is 0.594. The first-order chi connectivity index (χ1) is 8.54. The Morgan fingerprint density at radius 2 is 2.22 bits per heavy atom. The van der Waals surface area contributed by atoms with Gasteiger partial charge in [-0.1, -0.05) is 6.07 Å². The van der Waals surface area contributed by atoms with Crippen LogP contribution in [0.3, 0.4) is 0 Å². The molecule has 0 aliphatic rings. The van der Waals surface area contributed by atoms with Gasteiger partial charge >= 0.3 is 5.97 Å². The van der Waals surface area contributed by atoms with Crippen molar-refractivity contribution in [2.75, 3.05) is 18.0 Å². The Labute approximate surface area is 105 Å². The van der Waals surface area contributed by atoms with Crippen molar-refractivity contribution in [1.82, 2.24) is 0 Å². The first kappa shape index (κ1) is 14.0. The third-order valence-electron chi connectivity index (χ3n) is 2.61. The zero-order chi connectivity index (χ0) is 13.5. The Bertz CT molecular complexity index is 434. The number of rotatable bonds is 7. The molecule has 0 unspecified atom stereocenters. The van der Waals surface area contributed by atoms with Crippen molar-refractivity contribution in [2.24, 2.45) is 0 Å². The summed E-state index contributed by atoms with van der Waals surface area (Å²) in [5, 5.41) is 19.3. The molecule has 1 N–H and O–H groups in total. The molecule has 98 valence electrons.